The molecule has 0 radical (unpaired) electrons. The van der Waals surface area contributed by atoms with Crippen LogP contribution in [0.15, 0.2) is 53.1 Å². The summed E-state index contributed by atoms with van der Waals surface area (Å²) in [6.45, 7) is 3.74. The van der Waals surface area contributed by atoms with E-state index in [1.54, 1.807) is 31.2 Å². The van der Waals surface area contributed by atoms with Gasteiger partial charge in [0.25, 0.3) is 0 Å². The van der Waals surface area contributed by atoms with Gasteiger partial charge < -0.3 is 14.6 Å². The monoisotopic (exact) mass is 320 g/mol. The van der Waals surface area contributed by atoms with Crippen LogP contribution in [0.1, 0.15) is 30.2 Å². The quantitative estimate of drug-likeness (QED) is 0.758. The highest BCUT2D eigenvalue weighted by Crippen LogP contribution is 2.25. The van der Waals surface area contributed by atoms with Crippen molar-refractivity contribution >= 4 is 5.69 Å². The number of hydrogen-bond donors (Lipinski definition) is 1. The molecule has 24 heavy (non-hydrogen) atoms. The van der Waals surface area contributed by atoms with Gasteiger partial charge in [-0.05, 0) is 62.4 Å². The molecule has 0 saturated heterocycles. The lowest BCUT2D eigenvalue weighted by molar-refractivity contribution is 0.364. The van der Waals surface area contributed by atoms with Crippen molar-refractivity contribution in [3.05, 3.63) is 65.8 Å². The minimum absolute atomic E-state index is 0.0866. The largest absolute Gasteiger partial charge is 0.457 e. The molecule has 0 saturated carbocycles. The van der Waals surface area contributed by atoms with Crippen molar-refractivity contribution in [1.82, 2.24) is 10.1 Å². The first-order valence-corrected chi connectivity index (χ1v) is 7.49. The molecule has 0 aliphatic rings. The molecule has 0 aliphatic carbocycles. The molecule has 6 heteroatoms. The number of hydrogen-bond acceptors (Lipinski definition) is 6. The number of nitrogens with one attached hydrogen (secondary N) is 1. The van der Waals surface area contributed by atoms with Crippen LogP contribution in [-0.2, 0) is 0 Å². The van der Waals surface area contributed by atoms with E-state index in [0.29, 0.717) is 28.8 Å². The number of aryl methyl sites for hydroxylation is 1. The highest BCUT2D eigenvalue weighted by Gasteiger charge is 2.12. The Hall–Kier alpha value is -3.33. The Morgan fingerprint density at radius 2 is 1.71 bits per heavy atom. The molecular formula is C18H16N4O2. The van der Waals surface area contributed by atoms with Crippen LogP contribution in [0.3, 0.4) is 0 Å². The van der Waals surface area contributed by atoms with E-state index >= 15 is 0 Å². The molecule has 0 spiro atoms. The molecule has 0 fully saturated rings. The van der Waals surface area contributed by atoms with Gasteiger partial charge in [0.1, 0.15) is 17.5 Å². The van der Waals surface area contributed by atoms with Crippen LogP contribution in [0, 0.1) is 18.3 Å². The maximum absolute atomic E-state index is 8.79. The first-order valence-electron chi connectivity index (χ1n) is 7.49. The van der Waals surface area contributed by atoms with E-state index in [0.717, 1.165) is 5.69 Å². The van der Waals surface area contributed by atoms with Gasteiger partial charge in [0, 0.05) is 5.69 Å². The number of ether oxygens (including phenoxy) is 1. The lowest BCUT2D eigenvalue weighted by atomic mass is 10.2. The minimum Gasteiger partial charge on any atom is -0.457 e. The van der Waals surface area contributed by atoms with Crippen molar-refractivity contribution in [3.8, 4) is 17.6 Å². The van der Waals surface area contributed by atoms with Gasteiger partial charge in [-0.15, -0.1) is 0 Å². The van der Waals surface area contributed by atoms with Gasteiger partial charge in [-0.25, -0.2) is 0 Å². The standard InChI is InChI=1S/C18H16N4O2/c1-12(18-21-13(2)22-24-18)20-15-5-9-17(10-6-15)23-16-7-3-14(11-19)4-8-16/h3-10,12,20H,1-2H3/t12-/m0/s1. The number of benzene rings is 2. The summed E-state index contributed by atoms with van der Waals surface area (Å²) in [5, 5.41) is 15.9. The zero-order valence-corrected chi connectivity index (χ0v) is 13.4. The van der Waals surface area contributed by atoms with Gasteiger partial charge in [0.05, 0.1) is 11.6 Å². The smallest absolute Gasteiger partial charge is 0.248 e. The van der Waals surface area contributed by atoms with E-state index in [9.17, 15) is 0 Å². The highest BCUT2D eigenvalue weighted by molar-refractivity contribution is 5.48. The summed E-state index contributed by atoms with van der Waals surface area (Å²) in [6.07, 6.45) is 0. The Labute approximate surface area is 139 Å². The molecule has 0 bridgehead atoms. The fourth-order valence-electron chi connectivity index (χ4n) is 2.15. The summed E-state index contributed by atoms with van der Waals surface area (Å²) in [4.78, 5) is 4.21. The third-order valence-corrected chi connectivity index (χ3v) is 3.37. The average molecular weight is 320 g/mol. The topological polar surface area (TPSA) is 84.0 Å². The molecule has 1 aromatic heterocycles. The van der Waals surface area contributed by atoms with Gasteiger partial charge in [0.2, 0.25) is 5.89 Å². The normalized spacial score (nSPS) is 11.5. The van der Waals surface area contributed by atoms with Crippen LogP contribution in [0.4, 0.5) is 5.69 Å². The summed E-state index contributed by atoms with van der Waals surface area (Å²) >= 11 is 0. The second kappa shape index (κ2) is 6.84. The molecule has 0 aliphatic heterocycles. The van der Waals surface area contributed by atoms with E-state index in [1.807, 2.05) is 31.2 Å². The molecule has 1 atom stereocenters. The molecule has 0 amide bonds. The third-order valence-electron chi connectivity index (χ3n) is 3.37. The average Bonchev–Trinajstić information content (AvgIpc) is 3.04. The van der Waals surface area contributed by atoms with Crippen molar-refractivity contribution in [2.24, 2.45) is 0 Å². The Bertz CT molecular complexity index is 848. The Balaban J connectivity index is 1.63. The fourth-order valence-corrected chi connectivity index (χ4v) is 2.15. The van der Waals surface area contributed by atoms with Crippen LogP contribution in [0.2, 0.25) is 0 Å². The second-order valence-corrected chi connectivity index (χ2v) is 5.31. The molecule has 0 unspecified atom stereocenters. The molecule has 1 N–H and O–H groups in total. The molecule has 3 rings (SSSR count). The molecule has 6 nitrogen and oxygen atoms in total. The fraction of sp³-hybridized carbons (Fsp3) is 0.167. The number of aromatic nitrogens is 2. The number of rotatable bonds is 5. The van der Waals surface area contributed by atoms with Crippen molar-refractivity contribution in [2.75, 3.05) is 5.32 Å². The molecule has 2 aromatic carbocycles. The van der Waals surface area contributed by atoms with E-state index < -0.39 is 0 Å². The van der Waals surface area contributed by atoms with E-state index in [-0.39, 0.29) is 6.04 Å². The Morgan fingerprint density at radius 1 is 1.08 bits per heavy atom. The summed E-state index contributed by atoms with van der Waals surface area (Å²) in [5.74, 6) is 2.56. The maximum Gasteiger partial charge on any atom is 0.248 e. The first-order chi connectivity index (χ1) is 11.6. The van der Waals surface area contributed by atoms with Crippen molar-refractivity contribution in [1.29, 1.82) is 5.26 Å². The van der Waals surface area contributed by atoms with Crippen LogP contribution in [-0.4, -0.2) is 10.1 Å². The van der Waals surface area contributed by atoms with Crippen molar-refractivity contribution in [3.63, 3.8) is 0 Å². The number of nitriles is 1. The van der Waals surface area contributed by atoms with Crippen LogP contribution in [0.25, 0.3) is 0 Å². The lowest BCUT2D eigenvalue weighted by Gasteiger charge is -2.12. The zero-order valence-electron chi connectivity index (χ0n) is 13.4. The van der Waals surface area contributed by atoms with E-state index in [1.165, 1.54) is 0 Å². The molecular weight excluding hydrogens is 304 g/mol. The highest BCUT2D eigenvalue weighted by atomic mass is 16.5. The van der Waals surface area contributed by atoms with Crippen LogP contribution < -0.4 is 10.1 Å². The molecule has 1 heterocycles. The van der Waals surface area contributed by atoms with Gasteiger partial charge in [-0.1, -0.05) is 5.16 Å². The predicted molar refractivity (Wildman–Crippen MR) is 88.7 cm³/mol. The van der Waals surface area contributed by atoms with Crippen LogP contribution in [0.5, 0.6) is 11.5 Å². The van der Waals surface area contributed by atoms with Gasteiger partial charge in [-0.3, -0.25) is 0 Å². The molecule has 120 valence electrons. The number of nitrogens with zero attached hydrogens (tertiary/aromatic N) is 3. The van der Waals surface area contributed by atoms with E-state index in [2.05, 4.69) is 21.5 Å². The van der Waals surface area contributed by atoms with Gasteiger partial charge in [-0.2, -0.15) is 10.2 Å². The predicted octanol–water partition coefficient (Wildman–Crippen LogP) is 4.22. The summed E-state index contributed by atoms with van der Waals surface area (Å²) < 4.78 is 10.9. The lowest BCUT2D eigenvalue weighted by Crippen LogP contribution is -2.06. The summed E-state index contributed by atoms with van der Waals surface area (Å²) in [5.41, 5.74) is 1.53. The zero-order chi connectivity index (χ0) is 16.9. The summed E-state index contributed by atoms with van der Waals surface area (Å²) in [6, 6.07) is 16.5. The molecule has 3 aromatic rings. The SMILES string of the molecule is Cc1noc([C@H](C)Nc2ccc(Oc3ccc(C#N)cc3)cc2)n1. The van der Waals surface area contributed by atoms with Gasteiger partial charge in [0.15, 0.2) is 5.82 Å². The third kappa shape index (κ3) is 3.70. The second-order valence-electron chi connectivity index (χ2n) is 5.31. The van der Waals surface area contributed by atoms with Gasteiger partial charge >= 0.3 is 0 Å². The Kier molecular flexibility index (Phi) is 4.43. The first kappa shape index (κ1) is 15.6. The van der Waals surface area contributed by atoms with Crippen molar-refractivity contribution < 1.29 is 9.26 Å². The van der Waals surface area contributed by atoms with Crippen LogP contribution >= 0.6 is 0 Å². The number of anilines is 1. The van der Waals surface area contributed by atoms with E-state index in [4.69, 9.17) is 14.5 Å². The van der Waals surface area contributed by atoms with Crippen molar-refractivity contribution in [2.45, 2.75) is 19.9 Å². The minimum atomic E-state index is -0.0866. The Morgan fingerprint density at radius 3 is 2.25 bits per heavy atom. The maximum atomic E-state index is 8.79. The summed E-state index contributed by atoms with van der Waals surface area (Å²) in [7, 11) is 0.